The molecule has 2 aromatic carbocycles. The quantitative estimate of drug-likeness (QED) is 0.437. The summed E-state index contributed by atoms with van der Waals surface area (Å²) in [6.07, 6.45) is 3.04. The number of likely N-dealkylation sites (tertiary alicyclic amines) is 1. The summed E-state index contributed by atoms with van der Waals surface area (Å²) >= 11 is 0. The van der Waals surface area contributed by atoms with Gasteiger partial charge in [0.15, 0.2) is 0 Å². The van der Waals surface area contributed by atoms with E-state index in [0.29, 0.717) is 53.9 Å². The number of halogens is 1. The van der Waals surface area contributed by atoms with Crippen molar-refractivity contribution in [3.63, 3.8) is 0 Å². The monoisotopic (exact) mass is 435 g/mol. The number of ether oxygens (including phenoxy) is 1. The maximum Gasteiger partial charge on any atom is 0.254 e. The van der Waals surface area contributed by atoms with Crippen LogP contribution < -0.4 is 4.74 Å². The van der Waals surface area contributed by atoms with E-state index in [1.807, 2.05) is 17.9 Å². The van der Waals surface area contributed by atoms with Crippen LogP contribution in [0.5, 0.6) is 5.75 Å². The fraction of sp³-hybridized carbons (Fsp3) is 0.292. The molecule has 3 heterocycles. The van der Waals surface area contributed by atoms with E-state index in [4.69, 9.17) is 13.7 Å². The molecule has 1 saturated heterocycles. The van der Waals surface area contributed by atoms with Crippen LogP contribution in [-0.4, -0.2) is 40.6 Å². The summed E-state index contributed by atoms with van der Waals surface area (Å²) in [5.41, 5.74) is 1.88. The molecule has 0 saturated carbocycles. The number of rotatable bonds is 5. The average Bonchev–Trinajstić information content (AvgIpc) is 3.49. The first-order chi connectivity index (χ1) is 15.6. The molecule has 0 N–H and O–H groups in total. The van der Waals surface area contributed by atoms with E-state index in [9.17, 15) is 9.18 Å². The van der Waals surface area contributed by atoms with Gasteiger partial charge in [-0.2, -0.15) is 4.98 Å². The van der Waals surface area contributed by atoms with Crippen molar-refractivity contribution >= 4 is 16.9 Å². The molecule has 8 heteroatoms. The van der Waals surface area contributed by atoms with Crippen molar-refractivity contribution in [1.29, 1.82) is 0 Å². The highest BCUT2D eigenvalue weighted by Gasteiger charge is 2.29. The van der Waals surface area contributed by atoms with E-state index in [1.165, 1.54) is 12.1 Å². The van der Waals surface area contributed by atoms with Gasteiger partial charge in [0.05, 0.1) is 18.3 Å². The Hall–Kier alpha value is -3.68. The zero-order valence-corrected chi connectivity index (χ0v) is 17.6. The summed E-state index contributed by atoms with van der Waals surface area (Å²) in [7, 11) is 0. The Labute approximate surface area is 183 Å². The van der Waals surface area contributed by atoms with Gasteiger partial charge in [-0.25, -0.2) is 4.39 Å². The first-order valence-corrected chi connectivity index (χ1v) is 10.6. The highest BCUT2D eigenvalue weighted by molar-refractivity contribution is 5.99. The number of amides is 1. The van der Waals surface area contributed by atoms with Gasteiger partial charge in [0, 0.05) is 30.1 Å². The van der Waals surface area contributed by atoms with E-state index in [1.54, 1.807) is 30.5 Å². The fourth-order valence-electron chi connectivity index (χ4n) is 4.07. The number of hydrogen-bond donors (Lipinski definition) is 0. The van der Waals surface area contributed by atoms with Crippen molar-refractivity contribution in [3.8, 4) is 17.1 Å². The highest BCUT2D eigenvalue weighted by Crippen LogP contribution is 2.32. The lowest BCUT2D eigenvalue weighted by Gasteiger charge is -2.30. The molecule has 164 valence electrons. The van der Waals surface area contributed by atoms with Gasteiger partial charge < -0.3 is 18.6 Å². The highest BCUT2D eigenvalue weighted by atomic mass is 19.1. The molecule has 1 aliphatic rings. The van der Waals surface area contributed by atoms with Crippen LogP contribution in [0.25, 0.3) is 22.4 Å². The first kappa shape index (κ1) is 20.2. The SMILES string of the molecule is CCOc1cc(C(=O)N2CCC(c3nc(-c4ccc(F)cc4)no3)CC2)cc2occc12. The summed E-state index contributed by atoms with van der Waals surface area (Å²) in [4.78, 5) is 19.4. The van der Waals surface area contributed by atoms with Gasteiger partial charge in [0.1, 0.15) is 17.1 Å². The van der Waals surface area contributed by atoms with Crippen LogP contribution in [0.1, 0.15) is 41.9 Å². The largest absolute Gasteiger partial charge is 0.493 e. The van der Waals surface area contributed by atoms with Crippen LogP contribution in [-0.2, 0) is 0 Å². The predicted octanol–water partition coefficient (Wildman–Crippen LogP) is 5.04. The van der Waals surface area contributed by atoms with E-state index in [0.717, 1.165) is 18.2 Å². The van der Waals surface area contributed by atoms with Gasteiger partial charge >= 0.3 is 0 Å². The van der Waals surface area contributed by atoms with Crippen molar-refractivity contribution in [2.24, 2.45) is 0 Å². The smallest absolute Gasteiger partial charge is 0.254 e. The number of piperidine rings is 1. The average molecular weight is 435 g/mol. The van der Waals surface area contributed by atoms with Crippen LogP contribution >= 0.6 is 0 Å². The zero-order valence-electron chi connectivity index (χ0n) is 17.6. The molecule has 1 aliphatic heterocycles. The van der Waals surface area contributed by atoms with E-state index < -0.39 is 0 Å². The van der Waals surface area contributed by atoms with Gasteiger partial charge in [0.25, 0.3) is 5.91 Å². The van der Waals surface area contributed by atoms with Gasteiger partial charge in [0.2, 0.25) is 11.7 Å². The van der Waals surface area contributed by atoms with Crippen molar-refractivity contribution in [2.45, 2.75) is 25.7 Å². The molecular formula is C24H22FN3O4. The Morgan fingerprint density at radius 1 is 1.19 bits per heavy atom. The number of benzene rings is 2. The molecule has 0 aliphatic carbocycles. The standard InChI is InChI=1S/C24H22FN3O4/c1-2-30-20-13-17(14-21-19(20)9-12-31-21)24(29)28-10-7-16(8-11-28)23-26-22(27-32-23)15-3-5-18(25)6-4-15/h3-6,9,12-14,16H,2,7-8,10-11H2,1H3. The second-order valence-electron chi connectivity index (χ2n) is 7.77. The molecule has 1 amide bonds. The first-order valence-electron chi connectivity index (χ1n) is 10.6. The second-order valence-corrected chi connectivity index (χ2v) is 7.77. The minimum Gasteiger partial charge on any atom is -0.493 e. The molecule has 32 heavy (non-hydrogen) atoms. The number of hydrogen-bond acceptors (Lipinski definition) is 6. The van der Waals surface area contributed by atoms with Crippen molar-refractivity contribution in [3.05, 3.63) is 66.0 Å². The fourth-order valence-corrected chi connectivity index (χ4v) is 4.07. The molecule has 0 spiro atoms. The maximum absolute atomic E-state index is 13.1. The van der Waals surface area contributed by atoms with Crippen LogP contribution in [0, 0.1) is 5.82 Å². The molecule has 0 atom stereocenters. The summed E-state index contributed by atoms with van der Waals surface area (Å²) < 4.78 is 29.8. The number of carbonyl (C=O) groups is 1. The van der Waals surface area contributed by atoms with Crippen LogP contribution in [0.15, 0.2) is 57.7 Å². The predicted molar refractivity (Wildman–Crippen MR) is 115 cm³/mol. The van der Waals surface area contributed by atoms with Crippen LogP contribution in [0.4, 0.5) is 4.39 Å². The van der Waals surface area contributed by atoms with Crippen molar-refractivity contribution < 1.29 is 22.9 Å². The van der Waals surface area contributed by atoms with Crippen LogP contribution in [0.2, 0.25) is 0 Å². The van der Waals surface area contributed by atoms with Gasteiger partial charge in [-0.05, 0) is 62.2 Å². The summed E-state index contributed by atoms with van der Waals surface area (Å²) in [5.74, 6) is 1.35. The van der Waals surface area contributed by atoms with Gasteiger partial charge in [-0.1, -0.05) is 5.16 Å². The molecule has 1 fully saturated rings. The lowest BCUT2D eigenvalue weighted by atomic mass is 9.96. The Morgan fingerprint density at radius 3 is 2.72 bits per heavy atom. The third-order valence-corrected chi connectivity index (χ3v) is 5.76. The molecule has 0 bridgehead atoms. The second kappa shape index (κ2) is 8.45. The summed E-state index contributed by atoms with van der Waals surface area (Å²) in [5, 5.41) is 4.89. The van der Waals surface area contributed by atoms with Crippen molar-refractivity contribution in [1.82, 2.24) is 15.0 Å². The normalized spacial score (nSPS) is 14.8. The van der Waals surface area contributed by atoms with Gasteiger partial charge in [-0.15, -0.1) is 0 Å². The molecular weight excluding hydrogens is 413 g/mol. The summed E-state index contributed by atoms with van der Waals surface area (Å²) in [6.45, 7) is 3.58. The minimum absolute atomic E-state index is 0.0553. The minimum atomic E-state index is -0.311. The zero-order chi connectivity index (χ0) is 22.1. The molecule has 2 aromatic heterocycles. The number of nitrogens with zero attached hydrogens (tertiary/aromatic N) is 3. The van der Waals surface area contributed by atoms with Crippen molar-refractivity contribution in [2.75, 3.05) is 19.7 Å². The molecule has 0 unspecified atom stereocenters. The van der Waals surface area contributed by atoms with E-state index >= 15 is 0 Å². The molecule has 7 nitrogen and oxygen atoms in total. The lowest BCUT2D eigenvalue weighted by molar-refractivity contribution is 0.0704. The number of fused-ring (bicyclic) bond motifs is 1. The Balaban J connectivity index is 1.27. The molecule has 5 rings (SSSR count). The Morgan fingerprint density at radius 2 is 1.97 bits per heavy atom. The summed E-state index contributed by atoms with van der Waals surface area (Å²) in [6, 6.07) is 11.4. The van der Waals surface area contributed by atoms with E-state index in [-0.39, 0.29) is 17.6 Å². The van der Waals surface area contributed by atoms with E-state index in [2.05, 4.69) is 10.1 Å². The molecule has 0 radical (unpaired) electrons. The lowest BCUT2D eigenvalue weighted by Crippen LogP contribution is -2.38. The maximum atomic E-state index is 13.1. The molecule has 4 aromatic rings. The third-order valence-electron chi connectivity index (χ3n) is 5.76. The van der Waals surface area contributed by atoms with Crippen LogP contribution in [0.3, 0.4) is 0 Å². The topological polar surface area (TPSA) is 81.6 Å². The Kier molecular flexibility index (Phi) is 5.34. The number of furan rings is 1. The van der Waals surface area contributed by atoms with Gasteiger partial charge in [-0.3, -0.25) is 4.79 Å². The Bertz CT molecular complexity index is 1240. The number of carbonyl (C=O) groups excluding carboxylic acids is 1. The third kappa shape index (κ3) is 3.84. The number of aromatic nitrogens is 2.